The molecule has 1 aliphatic rings. The smallest absolute Gasteiger partial charge is 0.169 e. The number of rotatable bonds is 2. The Morgan fingerprint density at radius 1 is 1.55 bits per heavy atom. The summed E-state index contributed by atoms with van der Waals surface area (Å²) in [5.74, 6) is 1.56. The summed E-state index contributed by atoms with van der Waals surface area (Å²) in [7, 11) is 0. The van der Waals surface area contributed by atoms with Crippen LogP contribution in [-0.2, 0) is 0 Å². The number of hydrogen-bond acceptors (Lipinski definition) is 2. The Morgan fingerprint density at radius 2 is 2.27 bits per heavy atom. The third kappa shape index (κ3) is 1.49. The predicted molar refractivity (Wildman–Crippen MR) is 46.1 cm³/mol. The second-order valence-electron chi connectivity index (χ2n) is 3.01. The van der Waals surface area contributed by atoms with Crippen LogP contribution in [0.2, 0.25) is 0 Å². The lowest BCUT2D eigenvalue weighted by Gasteiger charge is -2.04. The van der Waals surface area contributed by atoms with E-state index in [1.807, 2.05) is 12.1 Å². The highest BCUT2D eigenvalue weighted by atomic mass is 79.9. The van der Waals surface area contributed by atoms with Crippen LogP contribution in [0, 0.1) is 5.92 Å². The van der Waals surface area contributed by atoms with Crippen LogP contribution in [-0.4, -0.2) is 0 Å². The average Bonchev–Trinajstić information content (AvgIpc) is 2.74. The molecule has 2 nitrogen and oxygen atoms in total. The largest absolute Gasteiger partial charge is 0.453 e. The summed E-state index contributed by atoms with van der Waals surface area (Å²) in [6, 6.07) is 3.94. The van der Waals surface area contributed by atoms with Crippen molar-refractivity contribution in [3.63, 3.8) is 0 Å². The van der Waals surface area contributed by atoms with E-state index >= 15 is 0 Å². The van der Waals surface area contributed by atoms with Gasteiger partial charge in [-0.1, -0.05) is 0 Å². The van der Waals surface area contributed by atoms with Gasteiger partial charge in [0.2, 0.25) is 0 Å². The highest BCUT2D eigenvalue weighted by Gasteiger charge is 2.31. The SMILES string of the molecule is N[C@H](c1ccc(Br)o1)C1CC1. The van der Waals surface area contributed by atoms with Crippen LogP contribution in [0.5, 0.6) is 0 Å². The van der Waals surface area contributed by atoms with E-state index in [0.29, 0.717) is 5.92 Å². The second kappa shape index (κ2) is 2.64. The summed E-state index contributed by atoms with van der Waals surface area (Å²) in [6.45, 7) is 0. The molecule has 1 fully saturated rings. The van der Waals surface area contributed by atoms with Crippen molar-refractivity contribution in [2.24, 2.45) is 11.7 Å². The Balaban J connectivity index is 2.14. The molecule has 0 saturated heterocycles. The van der Waals surface area contributed by atoms with Gasteiger partial charge in [-0.05, 0) is 46.8 Å². The molecule has 0 aromatic carbocycles. The fraction of sp³-hybridized carbons (Fsp3) is 0.500. The van der Waals surface area contributed by atoms with Crippen molar-refractivity contribution < 1.29 is 4.42 Å². The Kier molecular flexibility index (Phi) is 1.77. The summed E-state index contributed by atoms with van der Waals surface area (Å²) in [5, 5.41) is 0. The van der Waals surface area contributed by atoms with Gasteiger partial charge in [0.25, 0.3) is 0 Å². The highest BCUT2D eigenvalue weighted by Crippen LogP contribution is 2.40. The Hall–Kier alpha value is -0.280. The van der Waals surface area contributed by atoms with Gasteiger partial charge in [0, 0.05) is 0 Å². The van der Waals surface area contributed by atoms with Gasteiger partial charge in [0.05, 0.1) is 6.04 Å². The minimum atomic E-state index is 0.112. The first-order chi connectivity index (χ1) is 5.27. The van der Waals surface area contributed by atoms with E-state index in [1.54, 1.807) is 0 Å². The van der Waals surface area contributed by atoms with Crippen LogP contribution < -0.4 is 5.73 Å². The zero-order chi connectivity index (χ0) is 7.84. The maximum atomic E-state index is 5.90. The van der Waals surface area contributed by atoms with Gasteiger partial charge in [-0.15, -0.1) is 0 Å². The van der Waals surface area contributed by atoms with Crippen LogP contribution in [0.1, 0.15) is 24.6 Å². The van der Waals surface area contributed by atoms with Gasteiger partial charge >= 0.3 is 0 Å². The van der Waals surface area contributed by atoms with Crippen molar-refractivity contribution >= 4 is 15.9 Å². The van der Waals surface area contributed by atoms with Crippen LogP contribution in [0.25, 0.3) is 0 Å². The average molecular weight is 216 g/mol. The number of furan rings is 1. The summed E-state index contributed by atoms with van der Waals surface area (Å²) < 4.78 is 6.11. The lowest BCUT2D eigenvalue weighted by Crippen LogP contribution is -2.10. The first kappa shape index (κ1) is 7.37. The van der Waals surface area contributed by atoms with Crippen molar-refractivity contribution in [2.45, 2.75) is 18.9 Å². The quantitative estimate of drug-likeness (QED) is 0.824. The van der Waals surface area contributed by atoms with Gasteiger partial charge in [-0.2, -0.15) is 0 Å². The lowest BCUT2D eigenvalue weighted by molar-refractivity contribution is 0.428. The van der Waals surface area contributed by atoms with Gasteiger partial charge in [0.1, 0.15) is 5.76 Å². The highest BCUT2D eigenvalue weighted by molar-refractivity contribution is 9.10. The molecule has 1 atom stereocenters. The summed E-state index contributed by atoms with van der Waals surface area (Å²) in [4.78, 5) is 0. The maximum Gasteiger partial charge on any atom is 0.169 e. The molecule has 0 amide bonds. The Morgan fingerprint density at radius 3 is 2.73 bits per heavy atom. The first-order valence-corrected chi connectivity index (χ1v) is 4.57. The number of hydrogen-bond donors (Lipinski definition) is 1. The van der Waals surface area contributed by atoms with Crippen molar-refractivity contribution in [2.75, 3.05) is 0 Å². The van der Waals surface area contributed by atoms with E-state index in [9.17, 15) is 0 Å². The molecular weight excluding hydrogens is 206 g/mol. The number of nitrogens with two attached hydrogens (primary N) is 1. The minimum absolute atomic E-state index is 0.112. The molecule has 1 saturated carbocycles. The van der Waals surface area contributed by atoms with E-state index in [0.717, 1.165) is 10.4 Å². The zero-order valence-corrected chi connectivity index (χ0v) is 7.67. The topological polar surface area (TPSA) is 39.2 Å². The molecule has 1 aromatic heterocycles. The molecule has 11 heavy (non-hydrogen) atoms. The molecule has 1 aliphatic carbocycles. The molecule has 2 rings (SSSR count). The van der Waals surface area contributed by atoms with Gasteiger partial charge < -0.3 is 10.2 Å². The molecule has 0 spiro atoms. The fourth-order valence-corrected chi connectivity index (χ4v) is 1.51. The van der Waals surface area contributed by atoms with E-state index in [1.165, 1.54) is 12.8 Å². The summed E-state index contributed by atoms with van der Waals surface area (Å²) >= 11 is 3.25. The standard InChI is InChI=1S/C8H10BrNO/c9-7-4-3-6(11-7)8(10)5-1-2-5/h3-5,8H,1-2,10H2/t8-/m0/s1. The Labute approximate surface area is 73.9 Å². The van der Waals surface area contributed by atoms with E-state index in [2.05, 4.69) is 15.9 Å². The Bertz CT molecular complexity index is 254. The summed E-state index contributed by atoms with van der Waals surface area (Å²) in [6.07, 6.45) is 2.50. The minimum Gasteiger partial charge on any atom is -0.453 e. The van der Waals surface area contributed by atoms with Crippen LogP contribution >= 0.6 is 15.9 Å². The van der Waals surface area contributed by atoms with E-state index in [-0.39, 0.29) is 6.04 Å². The maximum absolute atomic E-state index is 5.90. The molecule has 0 radical (unpaired) electrons. The fourth-order valence-electron chi connectivity index (χ4n) is 1.20. The van der Waals surface area contributed by atoms with Crippen molar-refractivity contribution in [1.82, 2.24) is 0 Å². The summed E-state index contributed by atoms with van der Waals surface area (Å²) in [5.41, 5.74) is 5.90. The van der Waals surface area contributed by atoms with Crippen LogP contribution in [0.4, 0.5) is 0 Å². The molecule has 1 aromatic rings. The van der Waals surface area contributed by atoms with Crippen LogP contribution in [0.15, 0.2) is 21.2 Å². The first-order valence-electron chi connectivity index (χ1n) is 3.78. The molecule has 3 heteroatoms. The molecule has 0 aliphatic heterocycles. The van der Waals surface area contributed by atoms with Crippen molar-refractivity contribution in [3.05, 3.63) is 22.6 Å². The van der Waals surface area contributed by atoms with Crippen LogP contribution in [0.3, 0.4) is 0 Å². The van der Waals surface area contributed by atoms with Crippen molar-refractivity contribution in [3.8, 4) is 0 Å². The zero-order valence-electron chi connectivity index (χ0n) is 6.09. The predicted octanol–water partition coefficient (Wildman–Crippen LogP) is 2.45. The molecule has 1 heterocycles. The third-order valence-electron chi connectivity index (χ3n) is 2.05. The molecule has 2 N–H and O–H groups in total. The molecule has 0 bridgehead atoms. The monoisotopic (exact) mass is 215 g/mol. The molecule has 0 unspecified atom stereocenters. The third-order valence-corrected chi connectivity index (χ3v) is 2.48. The van der Waals surface area contributed by atoms with E-state index in [4.69, 9.17) is 10.2 Å². The normalized spacial score (nSPS) is 20.2. The van der Waals surface area contributed by atoms with Crippen molar-refractivity contribution in [1.29, 1.82) is 0 Å². The molecular formula is C8H10BrNO. The van der Waals surface area contributed by atoms with Gasteiger partial charge in [-0.3, -0.25) is 0 Å². The second-order valence-corrected chi connectivity index (χ2v) is 3.79. The number of halogens is 1. The van der Waals surface area contributed by atoms with Gasteiger partial charge in [0.15, 0.2) is 4.67 Å². The van der Waals surface area contributed by atoms with Gasteiger partial charge in [-0.25, -0.2) is 0 Å². The lowest BCUT2D eigenvalue weighted by atomic mass is 10.1. The molecule has 60 valence electrons. The van der Waals surface area contributed by atoms with E-state index < -0.39 is 0 Å².